The van der Waals surface area contributed by atoms with Crippen LogP contribution in [0, 0.1) is 0 Å². The number of H-pyrrole nitrogens is 1. The molecule has 3 rings (SSSR count). The van der Waals surface area contributed by atoms with Gasteiger partial charge in [0.05, 0.1) is 24.6 Å². The summed E-state index contributed by atoms with van der Waals surface area (Å²) in [5, 5.41) is 3.10. The largest absolute Gasteiger partial charge is 0.495 e. The Bertz CT molecular complexity index is 606. The van der Waals surface area contributed by atoms with Crippen LogP contribution in [0.15, 0.2) is 23.1 Å². The number of aromatic nitrogens is 3. The SMILES string of the molecule is COc1ccc(-n2[nH]c3c(c2=O)CSC3)nc1.[Na]. The van der Waals surface area contributed by atoms with Crippen LogP contribution in [-0.2, 0) is 11.5 Å². The van der Waals surface area contributed by atoms with Gasteiger partial charge in [0.25, 0.3) is 5.56 Å². The number of nitrogens with zero attached hydrogens (tertiary/aromatic N) is 2. The number of hydrogen-bond donors (Lipinski definition) is 1. The van der Waals surface area contributed by atoms with E-state index >= 15 is 0 Å². The van der Waals surface area contributed by atoms with E-state index in [1.54, 1.807) is 37.2 Å². The Morgan fingerprint density at radius 3 is 2.89 bits per heavy atom. The molecule has 1 aliphatic rings. The second-order valence-corrected chi connectivity index (χ2v) is 4.74. The minimum Gasteiger partial charge on any atom is -0.495 e. The van der Waals surface area contributed by atoms with Crippen LogP contribution < -0.4 is 10.3 Å². The van der Waals surface area contributed by atoms with Crippen molar-refractivity contribution in [2.75, 3.05) is 7.11 Å². The average Bonchev–Trinajstić information content (AvgIpc) is 2.93. The van der Waals surface area contributed by atoms with Crippen molar-refractivity contribution in [2.45, 2.75) is 11.5 Å². The van der Waals surface area contributed by atoms with Gasteiger partial charge in [0.1, 0.15) is 5.75 Å². The van der Waals surface area contributed by atoms with Crippen molar-refractivity contribution in [1.29, 1.82) is 0 Å². The van der Waals surface area contributed by atoms with Gasteiger partial charge in [0.2, 0.25) is 0 Å². The average molecular weight is 272 g/mol. The molecular weight excluding hydrogens is 261 g/mol. The van der Waals surface area contributed by atoms with Crippen LogP contribution in [0.3, 0.4) is 0 Å². The molecule has 1 radical (unpaired) electrons. The molecule has 0 fully saturated rings. The Morgan fingerprint density at radius 1 is 1.44 bits per heavy atom. The first-order valence-corrected chi connectivity index (χ1v) is 6.36. The molecule has 1 N–H and O–H groups in total. The van der Waals surface area contributed by atoms with Crippen molar-refractivity contribution in [1.82, 2.24) is 14.8 Å². The molecule has 2 aromatic rings. The Labute approximate surface area is 130 Å². The van der Waals surface area contributed by atoms with Crippen molar-refractivity contribution >= 4 is 41.3 Å². The van der Waals surface area contributed by atoms with Crippen LogP contribution in [0.1, 0.15) is 11.3 Å². The summed E-state index contributed by atoms with van der Waals surface area (Å²) in [6.45, 7) is 0. The second-order valence-electron chi connectivity index (χ2n) is 3.76. The van der Waals surface area contributed by atoms with E-state index in [0.29, 0.717) is 11.6 Å². The molecule has 5 nitrogen and oxygen atoms in total. The molecule has 89 valence electrons. The maximum atomic E-state index is 12.1. The minimum absolute atomic E-state index is 0. The molecule has 0 unspecified atom stereocenters. The van der Waals surface area contributed by atoms with Gasteiger partial charge in [-0.3, -0.25) is 9.89 Å². The van der Waals surface area contributed by atoms with E-state index in [2.05, 4.69) is 10.1 Å². The third kappa shape index (κ3) is 2.25. The Balaban J connectivity index is 0.00000120. The van der Waals surface area contributed by atoms with Crippen LogP contribution in [-0.4, -0.2) is 51.4 Å². The van der Waals surface area contributed by atoms with E-state index in [0.717, 1.165) is 22.8 Å². The molecule has 0 amide bonds. The van der Waals surface area contributed by atoms with Gasteiger partial charge in [-0.1, -0.05) is 0 Å². The van der Waals surface area contributed by atoms with Crippen LogP contribution in [0.4, 0.5) is 0 Å². The van der Waals surface area contributed by atoms with Gasteiger partial charge < -0.3 is 4.74 Å². The maximum absolute atomic E-state index is 12.1. The fourth-order valence-corrected chi connectivity index (χ4v) is 2.87. The monoisotopic (exact) mass is 272 g/mol. The van der Waals surface area contributed by atoms with Gasteiger partial charge >= 0.3 is 0 Å². The van der Waals surface area contributed by atoms with E-state index in [1.807, 2.05) is 0 Å². The molecular formula is C11H11N3NaO2S. The molecule has 0 bridgehead atoms. The molecule has 7 heteroatoms. The van der Waals surface area contributed by atoms with Gasteiger partial charge in [-0.25, -0.2) is 9.67 Å². The molecule has 3 heterocycles. The van der Waals surface area contributed by atoms with E-state index in [9.17, 15) is 4.79 Å². The maximum Gasteiger partial charge on any atom is 0.276 e. The van der Waals surface area contributed by atoms with Gasteiger partial charge in [-0.05, 0) is 12.1 Å². The van der Waals surface area contributed by atoms with Crippen molar-refractivity contribution in [3.05, 3.63) is 39.9 Å². The zero-order valence-electron chi connectivity index (χ0n) is 10.3. The second kappa shape index (κ2) is 5.52. The predicted octanol–water partition coefficient (Wildman–Crippen LogP) is 0.935. The fourth-order valence-electron chi connectivity index (χ4n) is 1.83. The molecule has 18 heavy (non-hydrogen) atoms. The van der Waals surface area contributed by atoms with Crippen molar-refractivity contribution in [2.24, 2.45) is 0 Å². The normalized spacial score (nSPS) is 12.9. The molecule has 0 atom stereocenters. The minimum atomic E-state index is 0. The summed E-state index contributed by atoms with van der Waals surface area (Å²) < 4.78 is 6.52. The number of nitrogens with one attached hydrogen (secondary N) is 1. The summed E-state index contributed by atoms with van der Waals surface area (Å²) >= 11 is 1.75. The standard InChI is InChI=1S/C11H11N3O2S.Na/c1-16-7-2-3-10(12-4-7)14-11(15)8-5-17-6-9(8)13-14;/h2-4,13H,5-6H2,1H3;. The fraction of sp³-hybridized carbons (Fsp3) is 0.273. The first-order chi connectivity index (χ1) is 8.29. The topological polar surface area (TPSA) is 59.9 Å². The van der Waals surface area contributed by atoms with Crippen molar-refractivity contribution in [3.63, 3.8) is 0 Å². The number of pyridine rings is 1. The molecule has 0 saturated heterocycles. The Kier molecular flexibility index (Phi) is 4.21. The van der Waals surface area contributed by atoms with E-state index in [-0.39, 0.29) is 35.1 Å². The smallest absolute Gasteiger partial charge is 0.276 e. The first-order valence-electron chi connectivity index (χ1n) is 5.20. The third-order valence-corrected chi connectivity index (χ3v) is 3.74. The number of aromatic amines is 1. The summed E-state index contributed by atoms with van der Waals surface area (Å²) in [4.78, 5) is 16.3. The first kappa shape index (κ1) is 13.7. The predicted molar refractivity (Wildman–Crippen MR) is 71.5 cm³/mol. The number of rotatable bonds is 2. The van der Waals surface area contributed by atoms with Gasteiger partial charge in [-0.15, -0.1) is 0 Å². The van der Waals surface area contributed by atoms with E-state index < -0.39 is 0 Å². The Hall–Kier alpha value is -0.690. The van der Waals surface area contributed by atoms with Crippen LogP contribution in [0.2, 0.25) is 0 Å². The molecule has 0 spiro atoms. The van der Waals surface area contributed by atoms with Gasteiger partial charge in [-0.2, -0.15) is 11.8 Å². The van der Waals surface area contributed by atoms with Crippen LogP contribution in [0.25, 0.3) is 5.82 Å². The number of ether oxygens (including phenoxy) is 1. The van der Waals surface area contributed by atoms with E-state index in [4.69, 9.17) is 4.74 Å². The molecule has 0 aromatic carbocycles. The number of fused-ring (bicyclic) bond motifs is 1. The quantitative estimate of drug-likeness (QED) is 0.826. The molecule has 0 saturated carbocycles. The summed E-state index contributed by atoms with van der Waals surface area (Å²) in [6, 6.07) is 3.55. The zero-order chi connectivity index (χ0) is 11.8. The summed E-state index contributed by atoms with van der Waals surface area (Å²) in [7, 11) is 1.59. The number of methoxy groups -OCH3 is 1. The van der Waals surface area contributed by atoms with E-state index in [1.165, 1.54) is 4.68 Å². The Morgan fingerprint density at radius 2 is 2.28 bits per heavy atom. The summed E-state index contributed by atoms with van der Waals surface area (Å²) in [5.41, 5.74) is 1.88. The van der Waals surface area contributed by atoms with Gasteiger partial charge in [0, 0.05) is 41.1 Å². The zero-order valence-corrected chi connectivity index (χ0v) is 13.1. The van der Waals surface area contributed by atoms with Crippen LogP contribution in [0.5, 0.6) is 5.75 Å². The third-order valence-electron chi connectivity index (χ3n) is 2.75. The number of thioether (sulfide) groups is 1. The molecule has 0 aliphatic carbocycles. The summed E-state index contributed by atoms with van der Waals surface area (Å²) in [6.07, 6.45) is 1.60. The molecule has 1 aliphatic heterocycles. The van der Waals surface area contributed by atoms with Crippen LogP contribution >= 0.6 is 11.8 Å². The molecule has 2 aromatic heterocycles. The van der Waals surface area contributed by atoms with Crippen molar-refractivity contribution < 1.29 is 4.74 Å². The number of hydrogen-bond acceptors (Lipinski definition) is 4. The summed E-state index contributed by atoms with van der Waals surface area (Å²) in [5.74, 6) is 2.92. The van der Waals surface area contributed by atoms with Crippen molar-refractivity contribution in [3.8, 4) is 11.6 Å². The van der Waals surface area contributed by atoms with Gasteiger partial charge in [0.15, 0.2) is 5.82 Å².